The van der Waals surface area contributed by atoms with E-state index in [9.17, 15) is 9.59 Å². The van der Waals surface area contributed by atoms with Crippen molar-refractivity contribution < 1.29 is 24.2 Å². The molecule has 1 saturated heterocycles. The molecule has 86 valence electrons. The first-order valence-electron chi connectivity index (χ1n) is 4.88. The van der Waals surface area contributed by atoms with Gasteiger partial charge in [0.1, 0.15) is 0 Å². The molecule has 0 saturated carbocycles. The third-order valence-corrected chi connectivity index (χ3v) is 2.91. The Hall–Kier alpha value is -1.10. The van der Waals surface area contributed by atoms with Crippen LogP contribution in [0.5, 0.6) is 0 Å². The summed E-state index contributed by atoms with van der Waals surface area (Å²) in [4.78, 5) is 22.2. The highest BCUT2D eigenvalue weighted by Crippen LogP contribution is 2.38. The van der Waals surface area contributed by atoms with Crippen LogP contribution in [0.3, 0.4) is 0 Å². The molecule has 15 heavy (non-hydrogen) atoms. The predicted molar refractivity (Wildman–Crippen MR) is 51.3 cm³/mol. The van der Waals surface area contributed by atoms with Crippen LogP contribution in [0.1, 0.15) is 26.7 Å². The Bertz CT molecular complexity index is 275. The summed E-state index contributed by atoms with van der Waals surface area (Å²) in [5, 5.41) is 9.07. The summed E-state index contributed by atoms with van der Waals surface area (Å²) in [5.74, 6) is -1.75. The molecule has 1 rings (SSSR count). The van der Waals surface area contributed by atoms with Crippen molar-refractivity contribution in [2.45, 2.75) is 38.4 Å². The van der Waals surface area contributed by atoms with Gasteiger partial charge >= 0.3 is 11.9 Å². The minimum atomic E-state index is -1.27. The van der Waals surface area contributed by atoms with Crippen LogP contribution in [0.25, 0.3) is 0 Å². The summed E-state index contributed by atoms with van der Waals surface area (Å²) in [7, 11) is 1.29. The lowest BCUT2D eigenvalue weighted by Crippen LogP contribution is -2.42. The fourth-order valence-corrected chi connectivity index (χ4v) is 1.98. The molecule has 0 aromatic rings. The maximum absolute atomic E-state index is 11.1. The van der Waals surface area contributed by atoms with Gasteiger partial charge in [-0.3, -0.25) is 4.79 Å². The molecule has 0 bridgehead atoms. The SMILES string of the molecule is COC(=O)CC1CC(C)OC1(C)C(=O)O. The smallest absolute Gasteiger partial charge is 0.335 e. The Labute approximate surface area is 88.4 Å². The van der Waals surface area contributed by atoms with E-state index >= 15 is 0 Å². The number of carboxylic acid groups (broad SMARTS) is 1. The lowest BCUT2D eigenvalue weighted by molar-refractivity contribution is -0.166. The van der Waals surface area contributed by atoms with E-state index in [0.29, 0.717) is 6.42 Å². The molecular weight excluding hydrogens is 200 g/mol. The van der Waals surface area contributed by atoms with E-state index in [1.807, 2.05) is 0 Å². The lowest BCUT2D eigenvalue weighted by atomic mass is 9.86. The van der Waals surface area contributed by atoms with Crippen LogP contribution in [-0.2, 0) is 19.1 Å². The van der Waals surface area contributed by atoms with E-state index in [1.54, 1.807) is 6.92 Å². The van der Waals surface area contributed by atoms with Gasteiger partial charge in [0.25, 0.3) is 0 Å². The second-order valence-corrected chi connectivity index (χ2v) is 4.05. The van der Waals surface area contributed by atoms with Crippen molar-refractivity contribution in [1.82, 2.24) is 0 Å². The number of rotatable bonds is 3. The third-order valence-electron chi connectivity index (χ3n) is 2.91. The van der Waals surface area contributed by atoms with Crippen molar-refractivity contribution in [2.24, 2.45) is 5.92 Å². The topological polar surface area (TPSA) is 72.8 Å². The molecule has 0 radical (unpaired) electrons. The van der Waals surface area contributed by atoms with Gasteiger partial charge in [-0.05, 0) is 20.3 Å². The average Bonchev–Trinajstić information content (AvgIpc) is 2.42. The van der Waals surface area contributed by atoms with E-state index in [4.69, 9.17) is 9.84 Å². The molecule has 0 amide bonds. The van der Waals surface area contributed by atoms with E-state index in [0.717, 1.165) is 0 Å². The Balaban J connectivity index is 2.77. The molecule has 1 aliphatic heterocycles. The van der Waals surface area contributed by atoms with Crippen molar-refractivity contribution in [2.75, 3.05) is 7.11 Å². The minimum absolute atomic E-state index is 0.0869. The standard InChI is InChI=1S/C10H16O5/c1-6-4-7(5-8(11)14-3)10(2,15-6)9(12)13/h6-7H,4-5H2,1-3H3,(H,12,13). The van der Waals surface area contributed by atoms with Gasteiger partial charge in [0.05, 0.1) is 19.6 Å². The number of esters is 1. The fraction of sp³-hybridized carbons (Fsp3) is 0.800. The van der Waals surface area contributed by atoms with E-state index < -0.39 is 17.5 Å². The Morgan fingerprint density at radius 2 is 2.20 bits per heavy atom. The Kier molecular flexibility index (Phi) is 3.34. The second kappa shape index (κ2) is 4.18. The largest absolute Gasteiger partial charge is 0.479 e. The van der Waals surface area contributed by atoms with Gasteiger partial charge in [-0.25, -0.2) is 4.79 Å². The highest BCUT2D eigenvalue weighted by Gasteiger charge is 2.50. The highest BCUT2D eigenvalue weighted by atomic mass is 16.5. The molecule has 3 unspecified atom stereocenters. The first kappa shape index (κ1) is 12.0. The van der Waals surface area contributed by atoms with Gasteiger partial charge in [0.15, 0.2) is 5.60 Å². The first-order chi connectivity index (χ1) is 6.90. The number of aliphatic carboxylic acids is 1. The van der Waals surface area contributed by atoms with Crippen LogP contribution in [0.15, 0.2) is 0 Å². The molecule has 1 aliphatic rings. The normalized spacial score (nSPS) is 35.1. The summed E-state index contributed by atoms with van der Waals surface area (Å²) >= 11 is 0. The van der Waals surface area contributed by atoms with Crippen LogP contribution < -0.4 is 0 Å². The molecule has 5 nitrogen and oxygen atoms in total. The summed E-state index contributed by atoms with van der Waals surface area (Å²) in [6.07, 6.45) is 0.516. The van der Waals surface area contributed by atoms with Crippen LogP contribution in [0.4, 0.5) is 0 Å². The number of carbonyl (C=O) groups is 2. The van der Waals surface area contributed by atoms with E-state index in [-0.39, 0.29) is 18.4 Å². The van der Waals surface area contributed by atoms with Crippen molar-refractivity contribution in [3.63, 3.8) is 0 Å². The molecule has 3 atom stereocenters. The van der Waals surface area contributed by atoms with Gasteiger partial charge in [0.2, 0.25) is 0 Å². The average molecular weight is 216 g/mol. The number of hydrogen-bond acceptors (Lipinski definition) is 4. The number of methoxy groups -OCH3 is 1. The van der Waals surface area contributed by atoms with Gasteiger partial charge in [0, 0.05) is 5.92 Å². The molecule has 0 aromatic heterocycles. The lowest BCUT2D eigenvalue weighted by Gasteiger charge is -2.24. The second-order valence-electron chi connectivity index (χ2n) is 4.05. The van der Waals surface area contributed by atoms with E-state index in [1.165, 1.54) is 14.0 Å². The molecule has 1 N–H and O–H groups in total. The van der Waals surface area contributed by atoms with Gasteiger partial charge in [-0.15, -0.1) is 0 Å². The molecule has 0 aromatic carbocycles. The number of hydrogen-bond donors (Lipinski definition) is 1. The predicted octanol–water partition coefficient (Wildman–Crippen LogP) is 0.818. The summed E-state index contributed by atoms with van der Waals surface area (Å²) in [5.41, 5.74) is -1.27. The highest BCUT2D eigenvalue weighted by molar-refractivity contribution is 5.79. The molecule has 0 aliphatic carbocycles. The molecule has 5 heteroatoms. The van der Waals surface area contributed by atoms with Crippen molar-refractivity contribution in [3.05, 3.63) is 0 Å². The Morgan fingerprint density at radius 3 is 2.67 bits per heavy atom. The minimum Gasteiger partial charge on any atom is -0.479 e. The molecule has 1 heterocycles. The number of carbonyl (C=O) groups excluding carboxylic acids is 1. The van der Waals surface area contributed by atoms with Crippen LogP contribution in [0, 0.1) is 5.92 Å². The van der Waals surface area contributed by atoms with Crippen molar-refractivity contribution >= 4 is 11.9 Å². The van der Waals surface area contributed by atoms with Crippen molar-refractivity contribution in [3.8, 4) is 0 Å². The maximum Gasteiger partial charge on any atom is 0.335 e. The van der Waals surface area contributed by atoms with Crippen LogP contribution in [-0.4, -0.2) is 35.9 Å². The van der Waals surface area contributed by atoms with E-state index in [2.05, 4.69) is 4.74 Å². The zero-order valence-electron chi connectivity index (χ0n) is 9.15. The number of carboxylic acids is 1. The molecule has 1 fully saturated rings. The first-order valence-corrected chi connectivity index (χ1v) is 4.88. The summed E-state index contributed by atoms with van der Waals surface area (Å²) < 4.78 is 9.89. The molecular formula is C10H16O5. The van der Waals surface area contributed by atoms with Gasteiger partial charge in [-0.1, -0.05) is 0 Å². The van der Waals surface area contributed by atoms with Gasteiger partial charge < -0.3 is 14.6 Å². The third kappa shape index (κ3) is 2.28. The Morgan fingerprint density at radius 1 is 1.60 bits per heavy atom. The van der Waals surface area contributed by atoms with Crippen molar-refractivity contribution in [1.29, 1.82) is 0 Å². The number of ether oxygens (including phenoxy) is 2. The maximum atomic E-state index is 11.1. The van der Waals surface area contributed by atoms with Crippen LogP contribution in [0.2, 0.25) is 0 Å². The zero-order chi connectivity index (χ0) is 11.6. The monoisotopic (exact) mass is 216 g/mol. The summed E-state index contributed by atoms with van der Waals surface area (Å²) in [6, 6.07) is 0. The fourth-order valence-electron chi connectivity index (χ4n) is 1.98. The molecule has 0 spiro atoms. The quantitative estimate of drug-likeness (QED) is 0.707. The summed E-state index contributed by atoms with van der Waals surface area (Å²) in [6.45, 7) is 3.31. The zero-order valence-corrected chi connectivity index (χ0v) is 9.15. The van der Waals surface area contributed by atoms with Gasteiger partial charge in [-0.2, -0.15) is 0 Å². The van der Waals surface area contributed by atoms with Crippen LogP contribution >= 0.6 is 0 Å².